The van der Waals surface area contributed by atoms with E-state index >= 15 is 0 Å². The van der Waals surface area contributed by atoms with Crippen LogP contribution in [0.5, 0.6) is 5.75 Å². The van der Waals surface area contributed by atoms with E-state index in [0.717, 1.165) is 24.2 Å². The lowest BCUT2D eigenvalue weighted by Crippen LogP contribution is -2.34. The number of unbranched alkanes of at least 4 members (excludes halogenated alkanes) is 1. The fourth-order valence-electron chi connectivity index (χ4n) is 2.10. The van der Waals surface area contributed by atoms with Crippen molar-refractivity contribution in [3.63, 3.8) is 0 Å². The number of amides is 2. The first-order valence-electron chi connectivity index (χ1n) is 8.77. The number of nitrogens with one attached hydrogen (secondary N) is 2. The highest BCUT2D eigenvalue weighted by Crippen LogP contribution is 2.22. The number of carbonyl (C=O) groups is 2. The van der Waals surface area contributed by atoms with Crippen LogP contribution < -0.4 is 15.5 Å². The Balaban J connectivity index is 1.75. The largest absolute Gasteiger partial charge is 0.494 e. The van der Waals surface area contributed by atoms with E-state index in [0.29, 0.717) is 17.2 Å². The molecule has 2 N–H and O–H groups in total. The van der Waals surface area contributed by atoms with E-state index < -0.39 is 11.8 Å². The van der Waals surface area contributed by atoms with Crippen LogP contribution in [0.3, 0.4) is 0 Å². The Hall–Kier alpha value is -2.57. The smallest absolute Gasteiger partial charge is 0.259 e. The monoisotopic (exact) mass is 421 g/mol. The second-order valence-electron chi connectivity index (χ2n) is 5.88. The van der Waals surface area contributed by atoms with E-state index in [2.05, 4.69) is 22.8 Å². The number of hydrogen-bond acceptors (Lipinski definition) is 4. The number of nitrogens with zero attached hydrogens (tertiary/aromatic N) is 1. The first kappa shape index (κ1) is 21.7. The Kier molecular flexibility index (Phi) is 8.78. The fraction of sp³-hybridized carbons (Fsp3) is 0.250. The number of benzene rings is 2. The van der Waals surface area contributed by atoms with Crippen LogP contribution in [0.4, 0.5) is 0 Å². The average Bonchev–Trinajstić information content (AvgIpc) is 2.69. The Morgan fingerprint density at radius 2 is 1.86 bits per heavy atom. The van der Waals surface area contributed by atoms with E-state index in [1.807, 2.05) is 24.3 Å². The maximum Gasteiger partial charge on any atom is 0.259 e. The molecule has 2 aromatic carbocycles. The highest BCUT2D eigenvalue weighted by atomic mass is 35.5. The molecule has 6 nitrogen and oxygen atoms in total. The molecule has 0 aliphatic carbocycles. The van der Waals surface area contributed by atoms with Gasteiger partial charge in [-0.15, -0.1) is 0 Å². The predicted molar refractivity (Wildman–Crippen MR) is 111 cm³/mol. The van der Waals surface area contributed by atoms with Crippen LogP contribution in [-0.2, 0) is 4.79 Å². The highest BCUT2D eigenvalue weighted by Gasteiger charge is 2.09. The van der Waals surface area contributed by atoms with Gasteiger partial charge in [-0.1, -0.05) is 36.5 Å². The topological polar surface area (TPSA) is 79.8 Å². The van der Waals surface area contributed by atoms with Crippen molar-refractivity contribution in [2.45, 2.75) is 19.8 Å². The number of hydrazone groups is 1. The number of halogens is 2. The molecule has 2 amide bonds. The molecule has 0 aliphatic heterocycles. The Morgan fingerprint density at radius 3 is 2.54 bits per heavy atom. The maximum atomic E-state index is 12.0. The van der Waals surface area contributed by atoms with Crippen molar-refractivity contribution < 1.29 is 14.3 Å². The van der Waals surface area contributed by atoms with Crippen LogP contribution in [0.1, 0.15) is 35.7 Å². The normalized spacial score (nSPS) is 10.7. The van der Waals surface area contributed by atoms with Crippen LogP contribution in [0.2, 0.25) is 10.0 Å². The quantitative estimate of drug-likeness (QED) is 0.364. The maximum absolute atomic E-state index is 12.0. The van der Waals surface area contributed by atoms with E-state index in [-0.39, 0.29) is 11.6 Å². The summed E-state index contributed by atoms with van der Waals surface area (Å²) >= 11 is 11.7. The van der Waals surface area contributed by atoms with Crippen LogP contribution in [-0.4, -0.2) is 31.2 Å². The Morgan fingerprint density at radius 1 is 1.11 bits per heavy atom. The third-order valence-electron chi connectivity index (χ3n) is 3.64. The summed E-state index contributed by atoms with van der Waals surface area (Å²) in [6.07, 6.45) is 3.60. The van der Waals surface area contributed by atoms with Crippen molar-refractivity contribution in [1.29, 1.82) is 0 Å². The van der Waals surface area contributed by atoms with Crippen LogP contribution in [0.25, 0.3) is 0 Å². The summed E-state index contributed by atoms with van der Waals surface area (Å²) in [5.74, 6) is -0.0970. The predicted octanol–water partition coefficient (Wildman–Crippen LogP) is 4.05. The zero-order chi connectivity index (χ0) is 20.4. The van der Waals surface area contributed by atoms with E-state index in [9.17, 15) is 9.59 Å². The molecule has 0 unspecified atom stereocenters. The minimum Gasteiger partial charge on any atom is -0.494 e. The number of rotatable bonds is 9. The lowest BCUT2D eigenvalue weighted by Gasteiger charge is -2.06. The first-order valence-corrected chi connectivity index (χ1v) is 9.53. The zero-order valence-electron chi connectivity index (χ0n) is 15.4. The van der Waals surface area contributed by atoms with Gasteiger partial charge in [-0.3, -0.25) is 9.59 Å². The molecule has 0 aliphatic rings. The molecule has 148 valence electrons. The average molecular weight is 422 g/mol. The molecule has 0 spiro atoms. The van der Waals surface area contributed by atoms with Crippen LogP contribution in [0.15, 0.2) is 47.6 Å². The van der Waals surface area contributed by atoms with E-state index in [1.165, 1.54) is 24.4 Å². The van der Waals surface area contributed by atoms with Crippen molar-refractivity contribution >= 4 is 41.2 Å². The van der Waals surface area contributed by atoms with E-state index in [4.69, 9.17) is 27.9 Å². The SMILES string of the molecule is CCCCOc1ccc(/C=N\NC(=O)CNC(=O)c2ccc(Cl)c(Cl)c2)cc1. The minimum atomic E-state index is -0.454. The summed E-state index contributed by atoms with van der Waals surface area (Å²) in [6.45, 7) is 2.57. The Bertz CT molecular complexity index is 839. The summed E-state index contributed by atoms with van der Waals surface area (Å²) < 4.78 is 5.58. The molecule has 0 heterocycles. The lowest BCUT2D eigenvalue weighted by atomic mass is 10.2. The van der Waals surface area contributed by atoms with Gasteiger partial charge in [0.25, 0.3) is 11.8 Å². The fourth-order valence-corrected chi connectivity index (χ4v) is 2.40. The number of carbonyl (C=O) groups excluding carboxylic acids is 2. The molecule has 0 fully saturated rings. The van der Waals surface area contributed by atoms with Crippen molar-refractivity contribution in [2.75, 3.05) is 13.2 Å². The van der Waals surface area contributed by atoms with Gasteiger partial charge >= 0.3 is 0 Å². The van der Waals surface area contributed by atoms with Crippen LogP contribution in [0, 0.1) is 0 Å². The van der Waals surface area contributed by atoms with Gasteiger partial charge in [-0.05, 0) is 54.4 Å². The van der Waals surface area contributed by atoms with E-state index in [1.54, 1.807) is 0 Å². The molecule has 0 radical (unpaired) electrons. The molecule has 0 saturated heterocycles. The van der Waals surface area contributed by atoms with Gasteiger partial charge in [0.2, 0.25) is 0 Å². The molecular weight excluding hydrogens is 401 g/mol. The lowest BCUT2D eigenvalue weighted by molar-refractivity contribution is -0.120. The van der Waals surface area contributed by atoms with Gasteiger partial charge in [-0.25, -0.2) is 5.43 Å². The molecule has 0 saturated carbocycles. The third-order valence-corrected chi connectivity index (χ3v) is 4.38. The van der Waals surface area contributed by atoms with Gasteiger partial charge in [-0.2, -0.15) is 5.10 Å². The second-order valence-corrected chi connectivity index (χ2v) is 6.69. The molecule has 0 aromatic heterocycles. The van der Waals surface area contributed by atoms with Crippen molar-refractivity contribution in [3.05, 3.63) is 63.6 Å². The second kappa shape index (κ2) is 11.3. The van der Waals surface area contributed by atoms with Gasteiger partial charge in [0.15, 0.2) is 0 Å². The summed E-state index contributed by atoms with van der Waals surface area (Å²) in [7, 11) is 0. The summed E-state index contributed by atoms with van der Waals surface area (Å²) in [5.41, 5.74) is 3.47. The molecule has 0 bridgehead atoms. The highest BCUT2D eigenvalue weighted by molar-refractivity contribution is 6.42. The summed E-state index contributed by atoms with van der Waals surface area (Å²) in [5, 5.41) is 6.97. The molecule has 8 heteroatoms. The molecular formula is C20H21Cl2N3O3. The van der Waals surface area contributed by atoms with Crippen molar-refractivity contribution in [1.82, 2.24) is 10.7 Å². The summed E-state index contributed by atoms with van der Waals surface area (Å²) in [6, 6.07) is 11.8. The summed E-state index contributed by atoms with van der Waals surface area (Å²) in [4.78, 5) is 23.8. The first-order chi connectivity index (χ1) is 13.5. The van der Waals surface area contributed by atoms with Crippen molar-refractivity contribution in [3.8, 4) is 5.75 Å². The third kappa shape index (κ3) is 7.21. The van der Waals surface area contributed by atoms with Crippen molar-refractivity contribution in [2.24, 2.45) is 5.10 Å². The number of hydrogen-bond donors (Lipinski definition) is 2. The van der Waals surface area contributed by atoms with Gasteiger partial charge in [0.1, 0.15) is 5.75 Å². The number of ether oxygens (including phenoxy) is 1. The molecule has 2 aromatic rings. The Labute approximate surface area is 173 Å². The molecule has 28 heavy (non-hydrogen) atoms. The standard InChI is InChI=1S/C20H21Cl2N3O3/c1-2-3-10-28-16-7-4-14(5-8-16)12-24-25-19(26)13-23-20(27)15-6-9-17(21)18(22)11-15/h4-9,11-12H,2-3,10,13H2,1H3,(H,23,27)(H,25,26)/b24-12-. The zero-order valence-corrected chi connectivity index (χ0v) is 16.9. The van der Waals surface area contributed by atoms with Crippen LogP contribution >= 0.6 is 23.2 Å². The minimum absolute atomic E-state index is 0.222. The van der Waals surface area contributed by atoms with Gasteiger partial charge < -0.3 is 10.1 Å². The van der Waals surface area contributed by atoms with Gasteiger partial charge in [0.05, 0.1) is 29.4 Å². The van der Waals surface area contributed by atoms with Gasteiger partial charge in [0, 0.05) is 5.56 Å². The molecule has 0 atom stereocenters. The molecule has 2 rings (SSSR count).